The lowest BCUT2D eigenvalue weighted by Gasteiger charge is -2.20. The van der Waals surface area contributed by atoms with Crippen molar-refractivity contribution in [2.45, 2.75) is 26.3 Å². The minimum absolute atomic E-state index is 0.212. The predicted octanol–water partition coefficient (Wildman–Crippen LogP) is 3.25. The zero-order valence-electron chi connectivity index (χ0n) is 15.3. The highest BCUT2D eigenvalue weighted by Gasteiger charge is 2.16. The van der Waals surface area contributed by atoms with Gasteiger partial charge in [-0.3, -0.25) is 9.59 Å². The maximum atomic E-state index is 12.3. The van der Waals surface area contributed by atoms with Crippen LogP contribution in [0.4, 0.5) is 5.69 Å². The zero-order chi connectivity index (χ0) is 19.3. The lowest BCUT2D eigenvalue weighted by molar-refractivity contribution is 0.0600. The van der Waals surface area contributed by atoms with E-state index in [4.69, 9.17) is 0 Å². The molecule has 2 aromatic carbocycles. The van der Waals surface area contributed by atoms with E-state index in [-0.39, 0.29) is 17.4 Å². The number of amides is 2. The van der Waals surface area contributed by atoms with E-state index in [1.807, 2.05) is 20.8 Å². The molecule has 2 amide bonds. The molecule has 0 aliphatic heterocycles. The van der Waals surface area contributed by atoms with Crippen molar-refractivity contribution in [2.24, 2.45) is 0 Å². The predicted molar refractivity (Wildman–Crippen MR) is 99.4 cm³/mol. The van der Waals surface area contributed by atoms with Crippen molar-refractivity contribution in [3.05, 3.63) is 65.2 Å². The number of anilines is 1. The first kappa shape index (κ1) is 19.2. The van der Waals surface area contributed by atoms with E-state index in [9.17, 15) is 14.4 Å². The fraction of sp³-hybridized carbons (Fsp3) is 0.250. The van der Waals surface area contributed by atoms with Crippen LogP contribution in [0.1, 0.15) is 51.8 Å². The summed E-state index contributed by atoms with van der Waals surface area (Å²) in [5.74, 6) is -1.01. The van der Waals surface area contributed by atoms with Crippen LogP contribution in [0.5, 0.6) is 0 Å². The summed E-state index contributed by atoms with van der Waals surface area (Å²) in [6, 6.07) is 12.8. The average Bonchev–Trinajstić information content (AvgIpc) is 2.60. The van der Waals surface area contributed by atoms with E-state index in [1.54, 1.807) is 24.3 Å². The Balaban J connectivity index is 2.11. The fourth-order valence-electron chi connectivity index (χ4n) is 2.23. The van der Waals surface area contributed by atoms with Crippen LogP contribution in [-0.4, -0.2) is 30.4 Å². The van der Waals surface area contributed by atoms with Crippen LogP contribution in [-0.2, 0) is 4.74 Å². The standard InChI is InChI=1S/C20H22N2O4/c1-20(2,3)22-18(24)15-6-5-7-16(12-15)21-17(23)13-8-10-14(11-9-13)19(25)26-4/h5-12H,1-4H3,(H,21,23)(H,22,24). The van der Waals surface area contributed by atoms with Crippen molar-refractivity contribution in [1.82, 2.24) is 5.32 Å². The number of hydrogen-bond donors (Lipinski definition) is 2. The van der Waals surface area contributed by atoms with Crippen LogP contribution in [0.25, 0.3) is 0 Å². The Kier molecular flexibility index (Phi) is 5.77. The van der Waals surface area contributed by atoms with E-state index in [0.717, 1.165) is 0 Å². The molecule has 0 aromatic heterocycles. The second-order valence-corrected chi connectivity index (χ2v) is 6.81. The Morgan fingerprint density at radius 1 is 0.846 bits per heavy atom. The van der Waals surface area contributed by atoms with Crippen molar-refractivity contribution in [3.63, 3.8) is 0 Å². The minimum Gasteiger partial charge on any atom is -0.465 e. The summed E-state index contributed by atoms with van der Waals surface area (Å²) in [7, 11) is 1.30. The SMILES string of the molecule is COC(=O)c1ccc(C(=O)Nc2cccc(C(=O)NC(C)(C)C)c2)cc1. The van der Waals surface area contributed by atoms with Gasteiger partial charge in [0.25, 0.3) is 11.8 Å². The molecule has 0 radical (unpaired) electrons. The summed E-state index contributed by atoms with van der Waals surface area (Å²) in [5.41, 5.74) is 1.37. The monoisotopic (exact) mass is 354 g/mol. The van der Waals surface area contributed by atoms with Crippen LogP contribution in [0.15, 0.2) is 48.5 Å². The van der Waals surface area contributed by atoms with Gasteiger partial charge < -0.3 is 15.4 Å². The minimum atomic E-state index is -0.463. The van der Waals surface area contributed by atoms with Gasteiger partial charge in [-0.15, -0.1) is 0 Å². The topological polar surface area (TPSA) is 84.5 Å². The number of carbonyl (C=O) groups is 3. The number of esters is 1. The summed E-state index contributed by atoms with van der Waals surface area (Å²) < 4.78 is 4.62. The first-order valence-electron chi connectivity index (χ1n) is 8.12. The molecule has 0 aliphatic rings. The van der Waals surface area contributed by atoms with Gasteiger partial charge >= 0.3 is 5.97 Å². The van der Waals surface area contributed by atoms with Gasteiger partial charge in [-0.2, -0.15) is 0 Å². The van der Waals surface area contributed by atoms with Crippen LogP contribution < -0.4 is 10.6 Å². The first-order chi connectivity index (χ1) is 12.2. The molecule has 6 nitrogen and oxygen atoms in total. The summed E-state index contributed by atoms with van der Waals surface area (Å²) >= 11 is 0. The lowest BCUT2D eigenvalue weighted by Crippen LogP contribution is -2.40. The Morgan fingerprint density at radius 3 is 2.04 bits per heavy atom. The third kappa shape index (κ3) is 5.17. The second-order valence-electron chi connectivity index (χ2n) is 6.81. The number of rotatable bonds is 4. The summed E-state index contributed by atoms with van der Waals surface area (Å²) in [4.78, 5) is 36.0. The molecule has 136 valence electrons. The Hall–Kier alpha value is -3.15. The normalized spacial score (nSPS) is 10.8. The zero-order valence-corrected chi connectivity index (χ0v) is 15.3. The molecule has 0 saturated carbocycles. The number of ether oxygens (including phenoxy) is 1. The molecule has 0 fully saturated rings. The molecule has 2 aromatic rings. The van der Waals surface area contributed by atoms with Crippen LogP contribution in [0, 0.1) is 0 Å². The first-order valence-corrected chi connectivity index (χ1v) is 8.12. The van der Waals surface area contributed by atoms with E-state index in [2.05, 4.69) is 15.4 Å². The molecule has 0 heterocycles. The van der Waals surface area contributed by atoms with Crippen molar-refractivity contribution < 1.29 is 19.1 Å². The van der Waals surface area contributed by atoms with E-state index in [1.165, 1.54) is 31.4 Å². The van der Waals surface area contributed by atoms with Gasteiger partial charge in [-0.25, -0.2) is 4.79 Å². The maximum absolute atomic E-state index is 12.3. The van der Waals surface area contributed by atoms with Crippen molar-refractivity contribution in [1.29, 1.82) is 0 Å². The maximum Gasteiger partial charge on any atom is 0.337 e. The summed E-state index contributed by atoms with van der Waals surface area (Å²) in [5, 5.41) is 5.62. The van der Waals surface area contributed by atoms with Gasteiger partial charge in [-0.1, -0.05) is 6.07 Å². The average molecular weight is 354 g/mol. The largest absolute Gasteiger partial charge is 0.465 e. The van der Waals surface area contributed by atoms with Crippen molar-refractivity contribution >= 4 is 23.5 Å². The molecule has 0 bridgehead atoms. The third-order valence-corrected chi connectivity index (χ3v) is 3.44. The molecule has 26 heavy (non-hydrogen) atoms. The molecule has 0 saturated heterocycles. The van der Waals surface area contributed by atoms with Crippen molar-refractivity contribution in [3.8, 4) is 0 Å². The van der Waals surface area contributed by atoms with Crippen LogP contribution >= 0.6 is 0 Å². The number of benzene rings is 2. The van der Waals surface area contributed by atoms with Gasteiger partial charge in [-0.05, 0) is 63.2 Å². The van der Waals surface area contributed by atoms with Gasteiger partial charge in [0.15, 0.2) is 0 Å². The third-order valence-electron chi connectivity index (χ3n) is 3.44. The number of carbonyl (C=O) groups excluding carboxylic acids is 3. The van der Waals surface area contributed by atoms with Gasteiger partial charge in [0.2, 0.25) is 0 Å². The van der Waals surface area contributed by atoms with Crippen LogP contribution in [0.2, 0.25) is 0 Å². The van der Waals surface area contributed by atoms with Crippen molar-refractivity contribution in [2.75, 3.05) is 12.4 Å². The molecular formula is C20H22N2O4. The van der Waals surface area contributed by atoms with E-state index in [0.29, 0.717) is 22.4 Å². The smallest absolute Gasteiger partial charge is 0.337 e. The highest BCUT2D eigenvalue weighted by atomic mass is 16.5. The molecule has 2 rings (SSSR count). The molecule has 0 unspecified atom stereocenters. The quantitative estimate of drug-likeness (QED) is 0.826. The fourth-order valence-corrected chi connectivity index (χ4v) is 2.23. The Bertz CT molecular complexity index is 820. The summed E-state index contributed by atoms with van der Waals surface area (Å²) in [6.45, 7) is 5.69. The molecular weight excluding hydrogens is 332 g/mol. The van der Waals surface area contributed by atoms with E-state index < -0.39 is 5.97 Å². The Morgan fingerprint density at radius 2 is 1.46 bits per heavy atom. The Labute approximate surface area is 152 Å². The van der Waals surface area contributed by atoms with Gasteiger partial charge in [0.05, 0.1) is 12.7 Å². The lowest BCUT2D eigenvalue weighted by atomic mass is 10.1. The van der Waals surface area contributed by atoms with Gasteiger partial charge in [0, 0.05) is 22.4 Å². The molecule has 2 N–H and O–H groups in total. The van der Waals surface area contributed by atoms with Crippen LogP contribution in [0.3, 0.4) is 0 Å². The molecule has 0 atom stereocenters. The van der Waals surface area contributed by atoms with Gasteiger partial charge in [0.1, 0.15) is 0 Å². The highest BCUT2D eigenvalue weighted by molar-refractivity contribution is 6.05. The number of nitrogens with one attached hydrogen (secondary N) is 2. The molecule has 6 heteroatoms. The van der Waals surface area contributed by atoms with E-state index >= 15 is 0 Å². The second kappa shape index (κ2) is 7.82. The summed E-state index contributed by atoms with van der Waals surface area (Å²) in [6.07, 6.45) is 0. The molecule has 0 aliphatic carbocycles. The highest BCUT2D eigenvalue weighted by Crippen LogP contribution is 2.14. The molecule has 0 spiro atoms. The number of methoxy groups -OCH3 is 1. The number of hydrogen-bond acceptors (Lipinski definition) is 4.